The van der Waals surface area contributed by atoms with Gasteiger partial charge in [0, 0.05) is 30.1 Å². The SMILES string of the molecule is CCn1c(C)nc2cc(C(=O)NN=Cc3ccc(N4CCOCC4)s3)ccc21. The van der Waals surface area contributed by atoms with E-state index >= 15 is 0 Å². The second-order valence-electron chi connectivity index (χ2n) is 6.58. The first-order valence-corrected chi connectivity index (χ1v) is 10.2. The molecule has 0 atom stereocenters. The van der Waals surface area contributed by atoms with Gasteiger partial charge in [-0.15, -0.1) is 11.3 Å². The molecule has 28 heavy (non-hydrogen) atoms. The van der Waals surface area contributed by atoms with Crippen molar-refractivity contribution >= 4 is 39.5 Å². The van der Waals surface area contributed by atoms with Crippen molar-refractivity contribution in [3.63, 3.8) is 0 Å². The number of rotatable bonds is 5. The maximum absolute atomic E-state index is 12.4. The van der Waals surface area contributed by atoms with Crippen LogP contribution in [0.2, 0.25) is 0 Å². The number of morpholine rings is 1. The van der Waals surface area contributed by atoms with Gasteiger partial charge in [0.2, 0.25) is 0 Å². The Morgan fingerprint density at radius 2 is 2.14 bits per heavy atom. The molecule has 4 rings (SSSR count). The number of thiophene rings is 1. The summed E-state index contributed by atoms with van der Waals surface area (Å²) in [6.45, 7) is 8.24. The van der Waals surface area contributed by atoms with Crippen molar-refractivity contribution in [2.24, 2.45) is 5.10 Å². The molecule has 3 heterocycles. The number of nitrogens with zero attached hydrogens (tertiary/aromatic N) is 4. The van der Waals surface area contributed by atoms with E-state index in [0.29, 0.717) is 5.56 Å². The average molecular weight is 398 g/mol. The van der Waals surface area contributed by atoms with Gasteiger partial charge in [0.05, 0.1) is 35.5 Å². The summed E-state index contributed by atoms with van der Waals surface area (Å²) in [6.07, 6.45) is 1.68. The molecule has 1 N–H and O–H groups in total. The van der Waals surface area contributed by atoms with Crippen LogP contribution in [0.25, 0.3) is 11.0 Å². The summed E-state index contributed by atoms with van der Waals surface area (Å²) in [4.78, 5) is 20.2. The Labute approximate surface area is 167 Å². The number of hydrazone groups is 1. The first-order valence-electron chi connectivity index (χ1n) is 9.38. The molecular weight excluding hydrogens is 374 g/mol. The molecule has 2 aromatic heterocycles. The lowest BCUT2D eigenvalue weighted by atomic mass is 10.2. The van der Waals surface area contributed by atoms with E-state index in [0.717, 1.165) is 54.6 Å². The van der Waals surface area contributed by atoms with Gasteiger partial charge < -0.3 is 14.2 Å². The molecule has 0 saturated carbocycles. The van der Waals surface area contributed by atoms with Crippen molar-refractivity contribution in [2.75, 3.05) is 31.2 Å². The number of amides is 1. The fraction of sp³-hybridized carbons (Fsp3) is 0.350. The fourth-order valence-corrected chi connectivity index (χ4v) is 4.31. The van der Waals surface area contributed by atoms with Gasteiger partial charge in [-0.05, 0) is 44.2 Å². The molecule has 0 bridgehead atoms. The van der Waals surface area contributed by atoms with E-state index < -0.39 is 0 Å². The molecule has 0 spiro atoms. The molecular formula is C20H23N5O2S. The number of hydrogen-bond donors (Lipinski definition) is 1. The second kappa shape index (κ2) is 8.12. The molecule has 3 aromatic rings. The highest BCUT2D eigenvalue weighted by molar-refractivity contribution is 7.17. The van der Waals surface area contributed by atoms with Crippen LogP contribution in [0, 0.1) is 6.92 Å². The Hall–Kier alpha value is -2.71. The molecule has 0 unspecified atom stereocenters. The van der Waals surface area contributed by atoms with E-state index in [1.54, 1.807) is 23.6 Å². The quantitative estimate of drug-likeness (QED) is 0.531. The molecule has 1 fully saturated rings. The zero-order chi connectivity index (χ0) is 19.5. The lowest BCUT2D eigenvalue weighted by Gasteiger charge is -2.27. The molecule has 0 aliphatic carbocycles. The highest BCUT2D eigenvalue weighted by Gasteiger charge is 2.13. The van der Waals surface area contributed by atoms with Gasteiger partial charge in [-0.3, -0.25) is 4.79 Å². The van der Waals surface area contributed by atoms with Gasteiger partial charge in [0.15, 0.2) is 0 Å². The number of aryl methyl sites for hydroxylation is 2. The Kier molecular flexibility index (Phi) is 5.40. The van der Waals surface area contributed by atoms with Crippen LogP contribution in [0.15, 0.2) is 35.4 Å². The number of anilines is 1. The highest BCUT2D eigenvalue weighted by Crippen LogP contribution is 2.25. The molecule has 7 nitrogen and oxygen atoms in total. The van der Waals surface area contributed by atoms with Crippen LogP contribution >= 0.6 is 11.3 Å². The van der Waals surface area contributed by atoms with Crippen molar-refractivity contribution in [1.29, 1.82) is 0 Å². The van der Waals surface area contributed by atoms with Gasteiger partial charge in [0.1, 0.15) is 5.82 Å². The number of carbonyl (C=O) groups excluding carboxylic acids is 1. The standard InChI is InChI=1S/C20H23N5O2S/c1-3-25-14(2)22-17-12-15(4-6-18(17)25)20(26)23-21-13-16-5-7-19(28-16)24-8-10-27-11-9-24/h4-7,12-13H,3,8-11H2,1-2H3,(H,23,26). The second-order valence-corrected chi connectivity index (χ2v) is 7.68. The lowest BCUT2D eigenvalue weighted by Crippen LogP contribution is -2.35. The summed E-state index contributed by atoms with van der Waals surface area (Å²) >= 11 is 1.65. The first-order chi connectivity index (χ1) is 13.7. The van der Waals surface area contributed by atoms with Crippen LogP contribution in [0.4, 0.5) is 5.00 Å². The number of fused-ring (bicyclic) bond motifs is 1. The summed E-state index contributed by atoms with van der Waals surface area (Å²) in [5, 5.41) is 5.31. The van der Waals surface area contributed by atoms with E-state index in [2.05, 4.69) is 38.0 Å². The molecule has 146 valence electrons. The van der Waals surface area contributed by atoms with Crippen LogP contribution in [-0.2, 0) is 11.3 Å². The predicted molar refractivity (Wildman–Crippen MR) is 113 cm³/mol. The number of ether oxygens (including phenoxy) is 1. The maximum Gasteiger partial charge on any atom is 0.271 e. The van der Waals surface area contributed by atoms with Gasteiger partial charge in [0.25, 0.3) is 5.91 Å². The van der Waals surface area contributed by atoms with Crippen LogP contribution in [0.3, 0.4) is 0 Å². The zero-order valence-electron chi connectivity index (χ0n) is 16.0. The number of nitrogens with one attached hydrogen (secondary N) is 1. The third kappa shape index (κ3) is 3.79. The average Bonchev–Trinajstić information content (AvgIpc) is 3.31. The van der Waals surface area contributed by atoms with Gasteiger partial charge in [-0.1, -0.05) is 0 Å². The predicted octanol–water partition coefficient (Wildman–Crippen LogP) is 3.03. The van der Waals surface area contributed by atoms with E-state index in [9.17, 15) is 4.79 Å². The number of imidazole rings is 1. The van der Waals surface area contributed by atoms with Gasteiger partial charge in [-0.2, -0.15) is 5.10 Å². The van der Waals surface area contributed by atoms with Crippen LogP contribution < -0.4 is 10.3 Å². The van der Waals surface area contributed by atoms with E-state index in [1.807, 2.05) is 25.1 Å². The van der Waals surface area contributed by atoms with E-state index in [-0.39, 0.29) is 5.91 Å². The first kappa shape index (κ1) is 18.6. The largest absolute Gasteiger partial charge is 0.378 e. The molecule has 1 saturated heterocycles. The Bertz CT molecular complexity index is 1020. The fourth-order valence-electron chi connectivity index (χ4n) is 3.37. The molecule has 1 amide bonds. The van der Waals surface area contributed by atoms with Crippen molar-refractivity contribution in [3.8, 4) is 0 Å². The lowest BCUT2D eigenvalue weighted by molar-refractivity contribution is 0.0955. The Morgan fingerprint density at radius 3 is 2.93 bits per heavy atom. The van der Waals surface area contributed by atoms with Crippen LogP contribution in [0.5, 0.6) is 0 Å². The Morgan fingerprint density at radius 1 is 1.32 bits per heavy atom. The number of hydrogen-bond acceptors (Lipinski definition) is 6. The normalized spacial score (nSPS) is 14.9. The van der Waals surface area contributed by atoms with Crippen molar-refractivity contribution < 1.29 is 9.53 Å². The number of benzene rings is 1. The Balaban J connectivity index is 1.41. The van der Waals surface area contributed by atoms with Crippen molar-refractivity contribution in [1.82, 2.24) is 15.0 Å². The molecule has 0 radical (unpaired) electrons. The van der Waals surface area contributed by atoms with E-state index in [1.165, 1.54) is 5.00 Å². The zero-order valence-corrected chi connectivity index (χ0v) is 16.8. The molecule has 1 aliphatic heterocycles. The smallest absolute Gasteiger partial charge is 0.271 e. The highest BCUT2D eigenvalue weighted by atomic mass is 32.1. The number of carbonyl (C=O) groups is 1. The third-order valence-corrected chi connectivity index (χ3v) is 5.89. The molecule has 1 aromatic carbocycles. The van der Waals surface area contributed by atoms with E-state index in [4.69, 9.17) is 4.74 Å². The maximum atomic E-state index is 12.4. The summed E-state index contributed by atoms with van der Waals surface area (Å²) in [7, 11) is 0. The summed E-state index contributed by atoms with van der Waals surface area (Å²) in [5.41, 5.74) is 5.01. The van der Waals surface area contributed by atoms with Crippen LogP contribution in [0.1, 0.15) is 28.0 Å². The third-order valence-electron chi connectivity index (χ3n) is 4.81. The molecule has 1 aliphatic rings. The van der Waals surface area contributed by atoms with Crippen molar-refractivity contribution in [2.45, 2.75) is 20.4 Å². The summed E-state index contributed by atoms with van der Waals surface area (Å²) in [6, 6.07) is 9.64. The monoisotopic (exact) mass is 397 g/mol. The van der Waals surface area contributed by atoms with Crippen LogP contribution in [-0.4, -0.2) is 48.0 Å². The summed E-state index contributed by atoms with van der Waals surface area (Å²) < 4.78 is 7.51. The van der Waals surface area contributed by atoms with Gasteiger partial charge in [-0.25, -0.2) is 10.4 Å². The molecule has 8 heteroatoms. The number of aromatic nitrogens is 2. The minimum absolute atomic E-state index is 0.244. The van der Waals surface area contributed by atoms with Crippen molar-refractivity contribution in [3.05, 3.63) is 46.6 Å². The topological polar surface area (TPSA) is 71.8 Å². The summed E-state index contributed by atoms with van der Waals surface area (Å²) in [5.74, 6) is 0.702. The van der Waals surface area contributed by atoms with Gasteiger partial charge >= 0.3 is 0 Å². The minimum Gasteiger partial charge on any atom is -0.378 e. The minimum atomic E-state index is -0.244.